The predicted octanol–water partition coefficient (Wildman–Crippen LogP) is 2.32. The van der Waals surface area contributed by atoms with E-state index < -0.39 is 10.0 Å². The van der Waals surface area contributed by atoms with Gasteiger partial charge in [0.25, 0.3) is 5.91 Å². The van der Waals surface area contributed by atoms with Gasteiger partial charge in [0, 0.05) is 18.7 Å². The van der Waals surface area contributed by atoms with Crippen LogP contribution in [0.3, 0.4) is 0 Å². The number of hydrogen-bond donors (Lipinski definition) is 3. The summed E-state index contributed by atoms with van der Waals surface area (Å²) in [5.74, 6) is 0.347. The van der Waals surface area contributed by atoms with E-state index in [2.05, 4.69) is 15.4 Å². The van der Waals surface area contributed by atoms with Crippen molar-refractivity contribution >= 4 is 28.3 Å². The Labute approximate surface area is 172 Å². The summed E-state index contributed by atoms with van der Waals surface area (Å²) in [6.07, 6.45) is 2.06. The first-order chi connectivity index (χ1) is 13.0. The maximum absolute atomic E-state index is 12.5. The van der Waals surface area contributed by atoms with Gasteiger partial charge < -0.3 is 10.6 Å². The minimum absolute atomic E-state index is 0. The molecule has 0 spiro atoms. The number of carbonyl (C=O) groups excluding carboxylic acids is 1. The molecule has 0 aliphatic carbocycles. The molecule has 1 atom stereocenters. The second-order valence-corrected chi connectivity index (χ2v) is 8.51. The van der Waals surface area contributed by atoms with Crippen molar-refractivity contribution in [3.63, 3.8) is 0 Å². The molecule has 1 aliphatic heterocycles. The van der Waals surface area contributed by atoms with Crippen molar-refractivity contribution in [3.8, 4) is 0 Å². The molecule has 0 bridgehead atoms. The van der Waals surface area contributed by atoms with E-state index >= 15 is 0 Å². The van der Waals surface area contributed by atoms with Crippen LogP contribution in [0.1, 0.15) is 28.8 Å². The van der Waals surface area contributed by atoms with Gasteiger partial charge in [-0.05, 0) is 55.6 Å². The van der Waals surface area contributed by atoms with Gasteiger partial charge in [0.1, 0.15) is 0 Å². The highest BCUT2D eigenvalue weighted by molar-refractivity contribution is 7.89. The fourth-order valence-electron chi connectivity index (χ4n) is 3.11. The zero-order valence-corrected chi connectivity index (χ0v) is 17.2. The molecule has 0 saturated carbocycles. The highest BCUT2D eigenvalue weighted by atomic mass is 35.5. The Balaban J connectivity index is 0.00000280. The Morgan fingerprint density at radius 1 is 1.11 bits per heavy atom. The molecule has 3 N–H and O–H groups in total. The number of amides is 1. The Bertz CT molecular complexity index is 869. The SMILES string of the molecule is Cl.O=C(NCCC1CCNC1)c1cccc(S(=O)(=O)NCc2ccccc2)c1. The molecule has 8 heteroatoms. The van der Waals surface area contributed by atoms with Crippen LogP contribution in [0.25, 0.3) is 0 Å². The monoisotopic (exact) mass is 423 g/mol. The molecule has 1 aliphatic rings. The van der Waals surface area contributed by atoms with Crippen LogP contribution >= 0.6 is 12.4 Å². The van der Waals surface area contributed by atoms with Gasteiger partial charge in [0.05, 0.1) is 4.90 Å². The minimum Gasteiger partial charge on any atom is -0.352 e. The van der Waals surface area contributed by atoms with Crippen molar-refractivity contribution in [1.29, 1.82) is 0 Å². The van der Waals surface area contributed by atoms with Gasteiger partial charge in [-0.3, -0.25) is 4.79 Å². The van der Waals surface area contributed by atoms with Gasteiger partial charge in [-0.2, -0.15) is 0 Å². The van der Waals surface area contributed by atoms with Crippen LogP contribution in [0.15, 0.2) is 59.5 Å². The third-order valence-electron chi connectivity index (χ3n) is 4.72. The fraction of sp³-hybridized carbons (Fsp3) is 0.350. The molecule has 2 aromatic rings. The van der Waals surface area contributed by atoms with E-state index in [4.69, 9.17) is 0 Å². The second kappa shape index (κ2) is 10.6. The largest absolute Gasteiger partial charge is 0.352 e. The average Bonchev–Trinajstić information content (AvgIpc) is 3.21. The molecule has 0 aromatic heterocycles. The lowest BCUT2D eigenvalue weighted by atomic mass is 10.1. The quantitative estimate of drug-likeness (QED) is 0.608. The molecule has 1 fully saturated rings. The number of hydrogen-bond acceptors (Lipinski definition) is 4. The number of nitrogens with one attached hydrogen (secondary N) is 3. The molecular weight excluding hydrogens is 398 g/mol. The van der Waals surface area contributed by atoms with Crippen LogP contribution in [0.4, 0.5) is 0 Å². The Morgan fingerprint density at radius 3 is 2.61 bits per heavy atom. The van der Waals surface area contributed by atoms with E-state index in [1.807, 2.05) is 30.3 Å². The summed E-state index contributed by atoms with van der Waals surface area (Å²) in [7, 11) is -3.69. The molecule has 6 nitrogen and oxygen atoms in total. The van der Waals surface area contributed by atoms with E-state index in [-0.39, 0.29) is 29.8 Å². The second-order valence-electron chi connectivity index (χ2n) is 6.74. The van der Waals surface area contributed by atoms with Gasteiger partial charge >= 0.3 is 0 Å². The van der Waals surface area contributed by atoms with E-state index in [1.165, 1.54) is 12.1 Å². The van der Waals surface area contributed by atoms with Crippen LogP contribution in [0.5, 0.6) is 0 Å². The molecule has 3 rings (SSSR count). The molecule has 1 unspecified atom stereocenters. The minimum atomic E-state index is -3.69. The zero-order chi connectivity index (χ0) is 19.1. The van der Waals surface area contributed by atoms with Gasteiger partial charge in [-0.25, -0.2) is 13.1 Å². The fourth-order valence-corrected chi connectivity index (χ4v) is 4.18. The summed E-state index contributed by atoms with van der Waals surface area (Å²) in [6.45, 7) is 2.83. The summed E-state index contributed by atoms with van der Waals surface area (Å²) in [5.41, 5.74) is 1.22. The summed E-state index contributed by atoms with van der Waals surface area (Å²) in [4.78, 5) is 12.4. The van der Waals surface area contributed by atoms with Crippen LogP contribution in [0.2, 0.25) is 0 Å². The summed E-state index contributed by atoms with van der Waals surface area (Å²) in [5, 5.41) is 6.18. The average molecular weight is 424 g/mol. The third kappa shape index (κ3) is 6.31. The van der Waals surface area contributed by atoms with Crippen LogP contribution in [0, 0.1) is 5.92 Å². The molecule has 0 radical (unpaired) electrons. The molecule has 28 heavy (non-hydrogen) atoms. The van der Waals surface area contributed by atoms with Crippen LogP contribution in [-0.2, 0) is 16.6 Å². The standard InChI is InChI=1S/C20H25N3O3S.ClH/c24-20(22-12-10-17-9-11-21-14-17)18-7-4-8-19(13-18)27(25,26)23-15-16-5-2-1-3-6-16;/h1-8,13,17,21,23H,9-12,14-15H2,(H,22,24);1H. The molecule has 152 valence electrons. The smallest absolute Gasteiger partial charge is 0.251 e. The van der Waals surface area contributed by atoms with Crippen LogP contribution in [-0.4, -0.2) is 34.0 Å². The highest BCUT2D eigenvalue weighted by Crippen LogP contribution is 2.14. The number of benzene rings is 2. The van der Waals surface area contributed by atoms with E-state index in [9.17, 15) is 13.2 Å². The summed E-state index contributed by atoms with van der Waals surface area (Å²) in [6, 6.07) is 15.4. The molecule has 1 heterocycles. The first-order valence-corrected chi connectivity index (χ1v) is 10.7. The number of rotatable bonds is 8. The topological polar surface area (TPSA) is 87.3 Å². The van der Waals surface area contributed by atoms with Crippen molar-refractivity contribution in [3.05, 3.63) is 65.7 Å². The lowest BCUT2D eigenvalue weighted by molar-refractivity contribution is 0.0951. The highest BCUT2D eigenvalue weighted by Gasteiger charge is 2.17. The van der Waals surface area contributed by atoms with E-state index in [0.717, 1.165) is 31.5 Å². The summed E-state index contributed by atoms with van der Waals surface area (Å²) >= 11 is 0. The first-order valence-electron chi connectivity index (χ1n) is 9.17. The number of halogens is 1. The van der Waals surface area contributed by atoms with E-state index in [1.54, 1.807) is 12.1 Å². The number of sulfonamides is 1. The van der Waals surface area contributed by atoms with Gasteiger partial charge in [0.15, 0.2) is 0 Å². The van der Waals surface area contributed by atoms with Crippen molar-refractivity contribution in [2.24, 2.45) is 5.92 Å². The van der Waals surface area contributed by atoms with Crippen molar-refractivity contribution in [2.75, 3.05) is 19.6 Å². The first kappa shape index (κ1) is 22.4. The zero-order valence-electron chi connectivity index (χ0n) is 15.6. The summed E-state index contributed by atoms with van der Waals surface area (Å²) < 4.78 is 27.6. The Hall–Kier alpha value is -1.93. The van der Waals surface area contributed by atoms with Crippen molar-refractivity contribution in [2.45, 2.75) is 24.3 Å². The Morgan fingerprint density at radius 2 is 1.89 bits per heavy atom. The normalized spacial score (nSPS) is 16.4. The predicted molar refractivity (Wildman–Crippen MR) is 112 cm³/mol. The van der Waals surface area contributed by atoms with Crippen molar-refractivity contribution in [1.82, 2.24) is 15.4 Å². The maximum atomic E-state index is 12.5. The van der Waals surface area contributed by atoms with Gasteiger partial charge in [-0.15, -0.1) is 12.4 Å². The lowest BCUT2D eigenvalue weighted by Gasteiger charge is -2.11. The Kier molecular flexibility index (Phi) is 8.44. The molecule has 2 aromatic carbocycles. The van der Waals surface area contributed by atoms with Crippen molar-refractivity contribution < 1.29 is 13.2 Å². The molecular formula is C20H26ClN3O3S. The molecule has 1 amide bonds. The molecule has 1 saturated heterocycles. The van der Waals surface area contributed by atoms with Gasteiger partial charge in [0.2, 0.25) is 10.0 Å². The van der Waals surface area contributed by atoms with Gasteiger partial charge in [-0.1, -0.05) is 36.4 Å². The lowest BCUT2D eigenvalue weighted by Crippen LogP contribution is -2.27. The maximum Gasteiger partial charge on any atom is 0.251 e. The third-order valence-corrected chi connectivity index (χ3v) is 6.12. The van der Waals surface area contributed by atoms with Crippen LogP contribution < -0.4 is 15.4 Å². The van der Waals surface area contributed by atoms with E-state index in [0.29, 0.717) is 18.0 Å². The number of carbonyl (C=O) groups is 1.